The maximum absolute atomic E-state index is 13.8. The van der Waals surface area contributed by atoms with E-state index in [1.54, 1.807) is 0 Å². The van der Waals surface area contributed by atoms with Crippen molar-refractivity contribution < 1.29 is 17.9 Å². The third-order valence-corrected chi connectivity index (χ3v) is 3.18. The van der Waals surface area contributed by atoms with Gasteiger partial charge in [0.25, 0.3) is 0 Å². The molecule has 0 saturated heterocycles. The van der Waals surface area contributed by atoms with Crippen molar-refractivity contribution in [2.24, 2.45) is 0 Å². The number of nitrogens with zero attached hydrogens (tertiary/aromatic N) is 2. The van der Waals surface area contributed by atoms with Gasteiger partial charge in [0.05, 0.1) is 0 Å². The molecule has 1 aromatic heterocycles. The summed E-state index contributed by atoms with van der Waals surface area (Å²) in [4.78, 5) is 4.30. The van der Waals surface area contributed by atoms with Gasteiger partial charge in [-0.3, -0.25) is 5.10 Å². The first-order chi connectivity index (χ1) is 11.0. The monoisotopic (exact) mass is 319 g/mol. The summed E-state index contributed by atoms with van der Waals surface area (Å²) < 4.78 is 42.1. The Morgan fingerprint density at radius 1 is 1.09 bits per heavy atom. The van der Waals surface area contributed by atoms with Crippen LogP contribution in [-0.2, 0) is 0 Å². The zero-order valence-electron chi connectivity index (χ0n) is 12.1. The second-order valence-electron chi connectivity index (χ2n) is 4.90. The highest BCUT2D eigenvalue weighted by Gasteiger charge is 2.13. The molecule has 0 saturated carbocycles. The Bertz CT molecular complexity index is 833. The Morgan fingerprint density at radius 3 is 2.61 bits per heavy atom. The van der Waals surface area contributed by atoms with Crippen molar-refractivity contribution >= 4 is 0 Å². The van der Waals surface area contributed by atoms with Crippen LogP contribution in [0.15, 0.2) is 42.5 Å². The largest absolute Gasteiger partial charge is 0.432 e. The normalized spacial score (nSPS) is 11.0. The highest BCUT2D eigenvalue weighted by molar-refractivity contribution is 5.62. The molecule has 3 rings (SSSR count). The van der Waals surface area contributed by atoms with Gasteiger partial charge < -0.3 is 4.74 Å². The highest BCUT2D eigenvalue weighted by Crippen LogP contribution is 2.26. The highest BCUT2D eigenvalue weighted by atomic mass is 19.3. The van der Waals surface area contributed by atoms with Crippen molar-refractivity contribution in [2.45, 2.75) is 13.5 Å². The number of H-pyrrole nitrogens is 1. The van der Waals surface area contributed by atoms with Crippen LogP contribution in [0.4, 0.5) is 13.2 Å². The SMILES string of the molecule is Cc1cccc(-c2n[nH]c(-c3ccc(OC(F)F)c(F)c3)n2)c1. The molecule has 118 valence electrons. The fourth-order valence-corrected chi connectivity index (χ4v) is 2.14. The van der Waals surface area contributed by atoms with Crippen molar-refractivity contribution in [1.29, 1.82) is 0 Å². The van der Waals surface area contributed by atoms with Crippen LogP contribution in [0.5, 0.6) is 5.75 Å². The number of halogens is 3. The topological polar surface area (TPSA) is 50.8 Å². The lowest BCUT2D eigenvalue weighted by Crippen LogP contribution is -2.03. The Labute approximate surface area is 130 Å². The van der Waals surface area contributed by atoms with Gasteiger partial charge in [0.2, 0.25) is 0 Å². The molecule has 1 N–H and O–H groups in total. The summed E-state index contributed by atoms with van der Waals surface area (Å²) in [5.74, 6) is -0.598. The lowest BCUT2D eigenvalue weighted by atomic mass is 10.1. The molecule has 0 aliphatic heterocycles. The first kappa shape index (κ1) is 15.1. The fourth-order valence-electron chi connectivity index (χ4n) is 2.14. The van der Waals surface area contributed by atoms with Crippen molar-refractivity contribution in [1.82, 2.24) is 15.2 Å². The maximum atomic E-state index is 13.8. The van der Waals surface area contributed by atoms with Crippen LogP contribution in [0.25, 0.3) is 22.8 Å². The number of nitrogens with one attached hydrogen (secondary N) is 1. The van der Waals surface area contributed by atoms with Crippen molar-refractivity contribution in [2.75, 3.05) is 0 Å². The second kappa shape index (κ2) is 6.12. The van der Waals surface area contributed by atoms with Gasteiger partial charge >= 0.3 is 6.61 Å². The molecule has 0 spiro atoms. The summed E-state index contributed by atoms with van der Waals surface area (Å²) >= 11 is 0. The number of alkyl halides is 2. The molecule has 0 aliphatic rings. The fraction of sp³-hybridized carbons (Fsp3) is 0.125. The van der Waals surface area contributed by atoms with Gasteiger partial charge in [-0.05, 0) is 31.2 Å². The van der Waals surface area contributed by atoms with Crippen molar-refractivity contribution in [3.8, 4) is 28.5 Å². The molecule has 0 unspecified atom stereocenters. The number of hydrogen-bond donors (Lipinski definition) is 1. The van der Waals surface area contributed by atoms with Gasteiger partial charge in [0, 0.05) is 11.1 Å². The summed E-state index contributed by atoms with van der Waals surface area (Å²) in [6, 6.07) is 11.3. The maximum Gasteiger partial charge on any atom is 0.387 e. The van der Waals surface area contributed by atoms with Gasteiger partial charge in [-0.15, -0.1) is 0 Å². The Kier molecular flexibility index (Phi) is 4.01. The lowest BCUT2D eigenvalue weighted by molar-refractivity contribution is -0.0521. The number of aromatic nitrogens is 3. The van der Waals surface area contributed by atoms with E-state index in [0.717, 1.165) is 23.3 Å². The minimum Gasteiger partial charge on any atom is -0.432 e. The third-order valence-electron chi connectivity index (χ3n) is 3.18. The van der Waals surface area contributed by atoms with E-state index in [1.807, 2.05) is 31.2 Å². The molecule has 0 radical (unpaired) electrons. The summed E-state index contributed by atoms with van der Waals surface area (Å²) in [5, 5.41) is 6.81. The summed E-state index contributed by atoms with van der Waals surface area (Å²) in [5.41, 5.74) is 2.27. The van der Waals surface area contributed by atoms with Crippen molar-refractivity contribution in [3.63, 3.8) is 0 Å². The van der Waals surface area contributed by atoms with E-state index in [0.29, 0.717) is 17.2 Å². The average molecular weight is 319 g/mol. The summed E-state index contributed by atoms with van der Waals surface area (Å²) in [7, 11) is 0. The second-order valence-corrected chi connectivity index (χ2v) is 4.90. The molecule has 0 amide bonds. The van der Waals surface area contributed by atoms with Crippen LogP contribution >= 0.6 is 0 Å². The van der Waals surface area contributed by atoms with Gasteiger partial charge in [0.15, 0.2) is 23.2 Å². The number of hydrogen-bond acceptors (Lipinski definition) is 3. The Morgan fingerprint density at radius 2 is 1.91 bits per heavy atom. The number of aryl methyl sites for hydroxylation is 1. The molecule has 0 fully saturated rings. The predicted molar refractivity (Wildman–Crippen MR) is 78.6 cm³/mol. The molecule has 2 aromatic carbocycles. The lowest BCUT2D eigenvalue weighted by Gasteiger charge is -2.06. The van der Waals surface area contributed by atoms with Gasteiger partial charge in [-0.2, -0.15) is 13.9 Å². The van der Waals surface area contributed by atoms with Crippen LogP contribution < -0.4 is 4.74 Å². The van der Waals surface area contributed by atoms with E-state index in [1.165, 1.54) is 6.07 Å². The van der Waals surface area contributed by atoms with Gasteiger partial charge in [-0.25, -0.2) is 9.37 Å². The molecular weight excluding hydrogens is 307 g/mol. The Balaban J connectivity index is 1.90. The smallest absolute Gasteiger partial charge is 0.387 e. The van der Waals surface area contributed by atoms with Gasteiger partial charge in [0.1, 0.15) is 0 Å². The van der Waals surface area contributed by atoms with Crippen LogP contribution in [0, 0.1) is 12.7 Å². The van der Waals surface area contributed by atoms with Crippen LogP contribution in [0.1, 0.15) is 5.56 Å². The molecular formula is C16H12F3N3O. The number of ether oxygens (including phenoxy) is 1. The molecule has 23 heavy (non-hydrogen) atoms. The molecule has 0 aliphatic carbocycles. The van der Waals surface area contributed by atoms with Gasteiger partial charge in [-0.1, -0.05) is 23.8 Å². The molecule has 0 bridgehead atoms. The van der Waals surface area contributed by atoms with E-state index in [2.05, 4.69) is 19.9 Å². The zero-order chi connectivity index (χ0) is 16.4. The minimum absolute atomic E-state index is 0.337. The summed E-state index contributed by atoms with van der Waals surface area (Å²) in [6.45, 7) is -1.12. The number of aromatic amines is 1. The van der Waals surface area contributed by atoms with E-state index < -0.39 is 18.2 Å². The first-order valence-corrected chi connectivity index (χ1v) is 6.77. The minimum atomic E-state index is -3.08. The zero-order valence-corrected chi connectivity index (χ0v) is 12.1. The number of rotatable bonds is 4. The first-order valence-electron chi connectivity index (χ1n) is 6.77. The quantitative estimate of drug-likeness (QED) is 0.784. The van der Waals surface area contributed by atoms with Crippen LogP contribution in [-0.4, -0.2) is 21.8 Å². The van der Waals surface area contributed by atoms with Crippen LogP contribution in [0.2, 0.25) is 0 Å². The standard InChI is InChI=1S/C16H12F3N3O/c1-9-3-2-4-10(7-9)14-20-15(22-21-14)11-5-6-13(12(17)8-11)23-16(18)19/h2-8,16H,1H3,(H,20,21,22). The molecule has 1 heterocycles. The molecule has 4 nitrogen and oxygen atoms in total. The third kappa shape index (κ3) is 3.33. The molecule has 0 atom stereocenters. The molecule has 7 heteroatoms. The van der Waals surface area contributed by atoms with E-state index in [9.17, 15) is 13.2 Å². The van der Waals surface area contributed by atoms with Crippen LogP contribution in [0.3, 0.4) is 0 Å². The average Bonchev–Trinajstić information content (AvgIpc) is 2.99. The summed E-state index contributed by atoms with van der Waals surface area (Å²) in [6.07, 6.45) is 0. The Hall–Kier alpha value is -2.83. The molecule has 3 aromatic rings. The van der Waals surface area contributed by atoms with E-state index in [4.69, 9.17) is 0 Å². The predicted octanol–water partition coefficient (Wildman–Crippen LogP) is 4.19. The van der Waals surface area contributed by atoms with Crippen molar-refractivity contribution in [3.05, 3.63) is 53.8 Å². The van der Waals surface area contributed by atoms with E-state index in [-0.39, 0.29) is 0 Å². The van der Waals surface area contributed by atoms with E-state index >= 15 is 0 Å². The number of benzene rings is 2.